The molecular formula is C23H23NO7S2. The maximum absolute atomic E-state index is 12.7. The van der Waals surface area contributed by atoms with Crippen molar-refractivity contribution in [1.29, 1.82) is 0 Å². The number of methoxy groups -OCH3 is 1. The Labute approximate surface area is 193 Å². The minimum atomic E-state index is -3.96. The van der Waals surface area contributed by atoms with Gasteiger partial charge in [-0.25, -0.2) is 21.6 Å². The van der Waals surface area contributed by atoms with Crippen molar-refractivity contribution in [2.24, 2.45) is 0 Å². The van der Waals surface area contributed by atoms with Crippen molar-refractivity contribution in [3.05, 3.63) is 84.4 Å². The van der Waals surface area contributed by atoms with Crippen molar-refractivity contribution < 1.29 is 31.1 Å². The molecule has 0 amide bonds. The fourth-order valence-corrected chi connectivity index (χ4v) is 5.33. The van der Waals surface area contributed by atoms with Crippen molar-refractivity contribution in [3.8, 4) is 5.75 Å². The third-order valence-electron chi connectivity index (χ3n) is 4.65. The zero-order valence-corrected chi connectivity index (χ0v) is 19.4. The Morgan fingerprint density at radius 1 is 0.818 bits per heavy atom. The van der Waals surface area contributed by atoms with E-state index in [1.807, 2.05) is 0 Å². The molecule has 3 aromatic rings. The summed E-state index contributed by atoms with van der Waals surface area (Å²) in [5.74, 6) is -0.442. The van der Waals surface area contributed by atoms with E-state index >= 15 is 0 Å². The van der Waals surface area contributed by atoms with E-state index in [4.69, 9.17) is 9.47 Å². The van der Waals surface area contributed by atoms with E-state index in [0.29, 0.717) is 5.75 Å². The van der Waals surface area contributed by atoms with Gasteiger partial charge in [0.05, 0.1) is 40.5 Å². The lowest BCUT2D eigenvalue weighted by Gasteiger charge is -2.13. The largest absolute Gasteiger partial charge is 0.497 e. The fraction of sp³-hybridized carbons (Fsp3) is 0.174. The van der Waals surface area contributed by atoms with Crippen molar-refractivity contribution in [3.63, 3.8) is 0 Å². The molecule has 0 radical (unpaired) electrons. The number of carbonyl (C=O) groups excluding carboxylic acids is 1. The van der Waals surface area contributed by atoms with E-state index in [1.165, 1.54) is 55.6 Å². The Hall–Kier alpha value is -3.37. The summed E-state index contributed by atoms with van der Waals surface area (Å²) in [4.78, 5) is 12.7. The number of para-hydroxylation sites is 1. The van der Waals surface area contributed by atoms with Gasteiger partial charge in [-0.15, -0.1) is 0 Å². The first-order chi connectivity index (χ1) is 15.7. The van der Waals surface area contributed by atoms with Gasteiger partial charge in [-0.2, -0.15) is 0 Å². The molecular weight excluding hydrogens is 466 g/mol. The predicted octanol–water partition coefficient (Wildman–Crippen LogP) is 3.52. The Kier molecular flexibility index (Phi) is 7.72. The molecule has 0 saturated heterocycles. The lowest BCUT2D eigenvalue weighted by molar-refractivity contribution is 0.0507. The summed E-state index contributed by atoms with van der Waals surface area (Å²) in [5.41, 5.74) is 0.0655. The molecule has 0 bridgehead atoms. The smallest absolute Gasteiger partial charge is 0.340 e. The number of carbonyl (C=O) groups is 1. The Balaban J connectivity index is 1.64. The maximum atomic E-state index is 12.7. The minimum Gasteiger partial charge on any atom is -0.497 e. The SMILES string of the molecule is COc1ccc(S(=O)(=O)Nc2ccccc2C(=O)OCCCS(=O)(=O)c2ccccc2)cc1. The molecule has 10 heteroatoms. The molecule has 0 unspecified atom stereocenters. The average Bonchev–Trinajstić information content (AvgIpc) is 2.82. The lowest BCUT2D eigenvalue weighted by atomic mass is 10.2. The zero-order chi connectivity index (χ0) is 23.9. The summed E-state index contributed by atoms with van der Waals surface area (Å²) >= 11 is 0. The van der Waals surface area contributed by atoms with Crippen molar-refractivity contribution in [1.82, 2.24) is 0 Å². The van der Waals surface area contributed by atoms with Gasteiger partial charge in [0.2, 0.25) is 0 Å². The van der Waals surface area contributed by atoms with Crippen LogP contribution < -0.4 is 9.46 Å². The molecule has 8 nitrogen and oxygen atoms in total. The van der Waals surface area contributed by atoms with Gasteiger partial charge in [-0.05, 0) is 55.0 Å². The molecule has 0 aliphatic heterocycles. The Morgan fingerprint density at radius 2 is 1.45 bits per heavy atom. The van der Waals surface area contributed by atoms with Gasteiger partial charge in [0.25, 0.3) is 10.0 Å². The Morgan fingerprint density at radius 3 is 2.12 bits per heavy atom. The molecule has 0 atom stereocenters. The van der Waals surface area contributed by atoms with Crippen molar-refractivity contribution >= 4 is 31.5 Å². The number of ether oxygens (including phenoxy) is 2. The van der Waals surface area contributed by atoms with E-state index in [2.05, 4.69) is 4.72 Å². The third kappa shape index (κ3) is 6.33. The second kappa shape index (κ2) is 10.5. The van der Waals surface area contributed by atoms with Gasteiger partial charge >= 0.3 is 5.97 Å². The first kappa shape index (κ1) is 24.3. The van der Waals surface area contributed by atoms with Crippen LogP contribution in [0.1, 0.15) is 16.8 Å². The highest BCUT2D eigenvalue weighted by atomic mass is 32.2. The summed E-state index contributed by atoms with van der Waals surface area (Å²) in [6.45, 7) is -0.134. The molecule has 0 fully saturated rings. The summed E-state index contributed by atoms with van der Waals surface area (Å²) in [5, 5.41) is 0. The van der Waals surface area contributed by atoms with Crippen LogP contribution in [0.5, 0.6) is 5.75 Å². The van der Waals surface area contributed by atoms with Crippen LogP contribution in [0, 0.1) is 0 Å². The summed E-state index contributed by atoms with van der Waals surface area (Å²) in [6.07, 6.45) is 0.0999. The number of esters is 1. The highest BCUT2D eigenvalue weighted by Gasteiger charge is 2.20. The van der Waals surface area contributed by atoms with E-state index in [9.17, 15) is 21.6 Å². The topological polar surface area (TPSA) is 116 Å². The predicted molar refractivity (Wildman–Crippen MR) is 124 cm³/mol. The summed E-state index contributed by atoms with van der Waals surface area (Å²) in [7, 11) is -5.97. The number of sulfone groups is 1. The first-order valence-corrected chi connectivity index (χ1v) is 13.1. The molecule has 0 aromatic heterocycles. The molecule has 3 aromatic carbocycles. The highest BCUT2D eigenvalue weighted by molar-refractivity contribution is 7.92. The van der Waals surface area contributed by atoms with Crippen LogP contribution in [0.3, 0.4) is 0 Å². The number of hydrogen-bond acceptors (Lipinski definition) is 7. The molecule has 0 saturated carbocycles. The molecule has 0 spiro atoms. The number of anilines is 1. The molecule has 0 aliphatic carbocycles. The molecule has 174 valence electrons. The second-order valence-electron chi connectivity index (χ2n) is 6.95. The first-order valence-electron chi connectivity index (χ1n) is 9.94. The van der Waals surface area contributed by atoms with Crippen molar-refractivity contribution in [2.75, 3.05) is 24.2 Å². The van der Waals surface area contributed by atoms with Crippen LogP contribution in [0.15, 0.2) is 88.7 Å². The molecule has 0 heterocycles. The van der Waals surface area contributed by atoms with E-state index in [-0.39, 0.29) is 39.8 Å². The average molecular weight is 490 g/mol. The van der Waals surface area contributed by atoms with Gasteiger partial charge in [-0.3, -0.25) is 4.72 Å². The van der Waals surface area contributed by atoms with E-state index in [0.717, 1.165) is 0 Å². The van der Waals surface area contributed by atoms with Crippen molar-refractivity contribution in [2.45, 2.75) is 16.2 Å². The van der Waals surface area contributed by atoms with Gasteiger partial charge in [0.15, 0.2) is 9.84 Å². The number of hydrogen-bond donors (Lipinski definition) is 1. The molecule has 3 rings (SSSR count). The summed E-state index contributed by atoms with van der Waals surface area (Å²) < 4.78 is 62.7. The maximum Gasteiger partial charge on any atom is 0.340 e. The van der Waals surface area contributed by atoms with E-state index < -0.39 is 25.8 Å². The Bertz CT molecular complexity index is 1300. The number of rotatable bonds is 10. The minimum absolute atomic E-state index is 0.00223. The van der Waals surface area contributed by atoms with Gasteiger partial charge in [0.1, 0.15) is 5.75 Å². The molecule has 1 N–H and O–H groups in total. The van der Waals surface area contributed by atoms with Crippen LogP contribution in [0.4, 0.5) is 5.69 Å². The van der Waals surface area contributed by atoms with Crippen LogP contribution in [-0.2, 0) is 24.6 Å². The van der Waals surface area contributed by atoms with E-state index in [1.54, 1.807) is 30.3 Å². The molecule has 33 heavy (non-hydrogen) atoms. The lowest BCUT2D eigenvalue weighted by Crippen LogP contribution is -2.17. The summed E-state index contributed by atoms with van der Waals surface area (Å²) in [6, 6.07) is 19.8. The second-order valence-corrected chi connectivity index (χ2v) is 10.7. The zero-order valence-electron chi connectivity index (χ0n) is 17.8. The quantitative estimate of drug-likeness (QED) is 0.342. The normalized spacial score (nSPS) is 11.5. The van der Waals surface area contributed by atoms with Crippen LogP contribution in [-0.4, -0.2) is 42.3 Å². The number of benzene rings is 3. The van der Waals surface area contributed by atoms with Gasteiger partial charge in [-0.1, -0.05) is 30.3 Å². The standard InChI is InChI=1S/C23H23NO7S2/c1-30-18-12-14-20(15-13-18)33(28,29)24-22-11-6-5-10-21(22)23(25)31-16-7-17-32(26,27)19-8-3-2-4-9-19/h2-6,8-15,24H,7,16-17H2,1H3. The molecule has 0 aliphatic rings. The van der Waals surface area contributed by atoms with Crippen LogP contribution >= 0.6 is 0 Å². The number of sulfonamides is 1. The fourth-order valence-electron chi connectivity index (χ4n) is 2.95. The number of nitrogens with one attached hydrogen (secondary N) is 1. The third-order valence-corrected chi connectivity index (χ3v) is 7.85. The highest BCUT2D eigenvalue weighted by Crippen LogP contribution is 2.22. The van der Waals surface area contributed by atoms with Gasteiger partial charge < -0.3 is 9.47 Å². The van der Waals surface area contributed by atoms with Crippen LogP contribution in [0.25, 0.3) is 0 Å². The van der Waals surface area contributed by atoms with Crippen LogP contribution in [0.2, 0.25) is 0 Å². The van der Waals surface area contributed by atoms with Gasteiger partial charge in [0, 0.05) is 0 Å². The monoisotopic (exact) mass is 489 g/mol.